The van der Waals surface area contributed by atoms with Crippen molar-refractivity contribution in [3.63, 3.8) is 0 Å². The van der Waals surface area contributed by atoms with E-state index in [1.54, 1.807) is 7.11 Å². The van der Waals surface area contributed by atoms with E-state index in [0.717, 1.165) is 6.42 Å². The molecule has 0 aliphatic carbocycles. The first-order valence-electron chi connectivity index (χ1n) is 5.30. The van der Waals surface area contributed by atoms with Crippen LogP contribution in [0.15, 0.2) is 0 Å². The zero-order valence-electron chi connectivity index (χ0n) is 9.41. The van der Waals surface area contributed by atoms with Gasteiger partial charge in [0, 0.05) is 13.0 Å². The smallest absolute Gasteiger partial charge is 0.160 e. The molecule has 0 aromatic heterocycles. The van der Waals surface area contributed by atoms with E-state index in [4.69, 9.17) is 9.47 Å². The average molecular weight is 186 g/mol. The maximum Gasteiger partial charge on any atom is 0.160 e. The highest BCUT2D eigenvalue weighted by Crippen LogP contribution is 2.36. The third-order valence-corrected chi connectivity index (χ3v) is 3.62. The molecule has 0 bridgehead atoms. The summed E-state index contributed by atoms with van der Waals surface area (Å²) in [6.45, 7) is 8.96. The van der Waals surface area contributed by atoms with E-state index in [1.165, 1.54) is 0 Å². The van der Waals surface area contributed by atoms with Crippen molar-refractivity contribution in [2.75, 3.05) is 7.11 Å². The zero-order chi connectivity index (χ0) is 10.0. The summed E-state index contributed by atoms with van der Waals surface area (Å²) in [5.74, 6) is 1.83. The van der Waals surface area contributed by atoms with Gasteiger partial charge in [0.15, 0.2) is 6.29 Å². The maximum absolute atomic E-state index is 5.86. The lowest BCUT2D eigenvalue weighted by Gasteiger charge is -2.42. The molecule has 1 heterocycles. The van der Waals surface area contributed by atoms with Gasteiger partial charge in [-0.05, 0) is 18.3 Å². The van der Waals surface area contributed by atoms with Crippen molar-refractivity contribution in [2.24, 2.45) is 17.8 Å². The third-order valence-electron chi connectivity index (χ3n) is 3.62. The first kappa shape index (κ1) is 11.0. The highest BCUT2D eigenvalue weighted by atomic mass is 16.7. The van der Waals surface area contributed by atoms with Crippen molar-refractivity contribution in [3.05, 3.63) is 0 Å². The van der Waals surface area contributed by atoms with E-state index in [0.29, 0.717) is 23.9 Å². The Morgan fingerprint density at radius 1 is 1.08 bits per heavy atom. The molecule has 0 saturated carbocycles. The largest absolute Gasteiger partial charge is 0.356 e. The molecule has 0 aromatic carbocycles. The van der Waals surface area contributed by atoms with Crippen LogP contribution in [0.25, 0.3) is 0 Å². The second-order valence-corrected chi connectivity index (χ2v) is 4.26. The zero-order valence-corrected chi connectivity index (χ0v) is 9.41. The van der Waals surface area contributed by atoms with Crippen molar-refractivity contribution >= 4 is 0 Å². The average Bonchev–Trinajstić information content (AvgIpc) is 2.15. The van der Waals surface area contributed by atoms with Gasteiger partial charge in [-0.2, -0.15) is 0 Å². The van der Waals surface area contributed by atoms with E-state index in [-0.39, 0.29) is 6.29 Å². The predicted molar refractivity (Wildman–Crippen MR) is 53.5 cm³/mol. The van der Waals surface area contributed by atoms with Gasteiger partial charge in [0.1, 0.15) is 0 Å². The number of hydrogen-bond acceptors (Lipinski definition) is 2. The van der Waals surface area contributed by atoms with Crippen LogP contribution in [0.5, 0.6) is 0 Å². The summed E-state index contributed by atoms with van der Waals surface area (Å²) < 4.78 is 11.2. The number of ether oxygens (including phenoxy) is 2. The molecule has 0 radical (unpaired) electrons. The Bertz CT molecular complexity index is 138. The monoisotopic (exact) mass is 186 g/mol. The Hall–Kier alpha value is -0.0800. The van der Waals surface area contributed by atoms with Crippen LogP contribution in [0.4, 0.5) is 0 Å². The van der Waals surface area contributed by atoms with Crippen molar-refractivity contribution in [3.8, 4) is 0 Å². The van der Waals surface area contributed by atoms with Crippen LogP contribution >= 0.6 is 0 Å². The van der Waals surface area contributed by atoms with E-state index < -0.39 is 0 Å². The molecule has 0 aromatic rings. The fourth-order valence-electron chi connectivity index (χ4n) is 2.22. The molecule has 5 atom stereocenters. The number of rotatable bonds is 2. The van der Waals surface area contributed by atoms with Gasteiger partial charge in [0.25, 0.3) is 0 Å². The minimum atomic E-state index is -0.00356. The highest BCUT2D eigenvalue weighted by molar-refractivity contribution is 4.81. The molecule has 2 heteroatoms. The summed E-state index contributed by atoms with van der Waals surface area (Å²) in [7, 11) is 1.73. The van der Waals surface area contributed by atoms with Crippen LogP contribution in [0, 0.1) is 17.8 Å². The normalized spacial score (nSPS) is 46.4. The van der Waals surface area contributed by atoms with Gasteiger partial charge in [0.2, 0.25) is 0 Å². The lowest BCUT2D eigenvalue weighted by Crippen LogP contribution is -2.45. The summed E-state index contributed by atoms with van der Waals surface area (Å²) in [6.07, 6.45) is 1.45. The van der Waals surface area contributed by atoms with Gasteiger partial charge in [-0.1, -0.05) is 27.7 Å². The van der Waals surface area contributed by atoms with E-state index in [1.807, 2.05) is 0 Å². The van der Waals surface area contributed by atoms with Crippen LogP contribution in [0.3, 0.4) is 0 Å². The molecular formula is C11H22O2. The Balaban J connectivity index is 2.66. The second-order valence-electron chi connectivity index (χ2n) is 4.26. The molecule has 1 aliphatic rings. The Morgan fingerprint density at radius 2 is 1.69 bits per heavy atom. The van der Waals surface area contributed by atoms with E-state index >= 15 is 0 Å². The van der Waals surface area contributed by atoms with Gasteiger partial charge in [-0.3, -0.25) is 0 Å². The summed E-state index contributed by atoms with van der Waals surface area (Å²) >= 11 is 0. The first-order chi connectivity index (χ1) is 6.11. The van der Waals surface area contributed by atoms with Crippen LogP contribution < -0.4 is 0 Å². The fourth-order valence-corrected chi connectivity index (χ4v) is 2.22. The maximum atomic E-state index is 5.86. The molecule has 2 nitrogen and oxygen atoms in total. The first-order valence-corrected chi connectivity index (χ1v) is 5.30. The third kappa shape index (κ3) is 2.05. The molecule has 1 fully saturated rings. The summed E-state index contributed by atoms with van der Waals surface area (Å²) in [5, 5.41) is 0. The van der Waals surface area contributed by atoms with Crippen LogP contribution in [-0.4, -0.2) is 19.5 Å². The molecule has 1 aliphatic heterocycles. The fraction of sp³-hybridized carbons (Fsp3) is 1.00. The quantitative estimate of drug-likeness (QED) is 0.660. The standard InChI is InChI=1S/C11H22O2/c1-6-10-8(3)7(2)9(4)11(12-5)13-10/h7-11H,6H2,1-5H3/t7-,8-,9?,10?,11+/m0/s1. The van der Waals surface area contributed by atoms with E-state index in [2.05, 4.69) is 27.7 Å². The van der Waals surface area contributed by atoms with Gasteiger partial charge < -0.3 is 9.47 Å². The molecule has 0 spiro atoms. The molecule has 1 rings (SSSR count). The Kier molecular flexibility index (Phi) is 3.74. The molecule has 0 amide bonds. The molecule has 1 saturated heterocycles. The molecule has 78 valence electrons. The van der Waals surface area contributed by atoms with Crippen LogP contribution in [0.1, 0.15) is 34.1 Å². The van der Waals surface area contributed by atoms with Gasteiger partial charge in [-0.25, -0.2) is 0 Å². The van der Waals surface area contributed by atoms with Crippen molar-refractivity contribution < 1.29 is 9.47 Å². The lowest BCUT2D eigenvalue weighted by molar-refractivity contribution is -0.237. The van der Waals surface area contributed by atoms with Crippen molar-refractivity contribution in [1.29, 1.82) is 0 Å². The number of methoxy groups -OCH3 is 1. The van der Waals surface area contributed by atoms with Crippen molar-refractivity contribution in [2.45, 2.75) is 46.5 Å². The van der Waals surface area contributed by atoms with Gasteiger partial charge in [0.05, 0.1) is 6.10 Å². The van der Waals surface area contributed by atoms with Gasteiger partial charge in [-0.15, -0.1) is 0 Å². The summed E-state index contributed by atoms with van der Waals surface area (Å²) in [6, 6.07) is 0. The topological polar surface area (TPSA) is 18.5 Å². The van der Waals surface area contributed by atoms with Crippen LogP contribution in [0.2, 0.25) is 0 Å². The van der Waals surface area contributed by atoms with E-state index in [9.17, 15) is 0 Å². The minimum absolute atomic E-state index is 0.00356. The van der Waals surface area contributed by atoms with Crippen LogP contribution in [-0.2, 0) is 9.47 Å². The Morgan fingerprint density at radius 3 is 2.15 bits per heavy atom. The summed E-state index contributed by atoms with van der Waals surface area (Å²) in [4.78, 5) is 0. The molecular weight excluding hydrogens is 164 g/mol. The van der Waals surface area contributed by atoms with Crippen molar-refractivity contribution in [1.82, 2.24) is 0 Å². The predicted octanol–water partition coefficient (Wildman–Crippen LogP) is 2.68. The SMILES string of the molecule is CCC1O[C@@H](OC)C(C)[C@@H](C)[C@@H]1C. The van der Waals surface area contributed by atoms with Gasteiger partial charge >= 0.3 is 0 Å². The minimum Gasteiger partial charge on any atom is -0.356 e. The second kappa shape index (κ2) is 4.43. The Labute approximate surface area is 81.6 Å². The lowest BCUT2D eigenvalue weighted by atomic mass is 9.78. The number of hydrogen-bond donors (Lipinski definition) is 0. The highest BCUT2D eigenvalue weighted by Gasteiger charge is 2.38. The summed E-state index contributed by atoms with van der Waals surface area (Å²) in [5.41, 5.74) is 0. The molecule has 0 N–H and O–H groups in total. The molecule has 2 unspecified atom stereocenters. The molecule has 13 heavy (non-hydrogen) atoms.